The van der Waals surface area contributed by atoms with Crippen molar-refractivity contribution in [3.63, 3.8) is 0 Å². The molecule has 0 bridgehead atoms. The second-order valence-electron chi connectivity index (χ2n) is 3.93. The largest absolute Gasteiger partial charge is 0.464 e. The van der Waals surface area contributed by atoms with Gasteiger partial charge in [-0.25, -0.2) is 9.59 Å². The van der Waals surface area contributed by atoms with Gasteiger partial charge in [-0.1, -0.05) is 26.7 Å². The van der Waals surface area contributed by atoms with Crippen LogP contribution in [0.3, 0.4) is 0 Å². The van der Waals surface area contributed by atoms with E-state index in [1.54, 1.807) is 0 Å². The first-order valence-corrected chi connectivity index (χ1v) is 6.24. The molecule has 0 amide bonds. The molecule has 0 aromatic carbocycles. The second kappa shape index (κ2) is 9.85. The van der Waals surface area contributed by atoms with Crippen LogP contribution in [-0.2, 0) is 19.1 Å². The summed E-state index contributed by atoms with van der Waals surface area (Å²) in [6, 6.07) is 0. The Bertz CT molecular complexity index is 227. The van der Waals surface area contributed by atoms with Crippen LogP contribution in [0.1, 0.15) is 39.5 Å². The molecule has 2 atom stereocenters. The van der Waals surface area contributed by atoms with Gasteiger partial charge in [-0.2, -0.15) is 0 Å². The predicted molar refractivity (Wildman–Crippen MR) is 63.7 cm³/mol. The molecule has 0 spiro atoms. The van der Waals surface area contributed by atoms with Crippen molar-refractivity contribution in [1.29, 1.82) is 0 Å². The summed E-state index contributed by atoms with van der Waals surface area (Å²) in [6.45, 7) is 4.16. The van der Waals surface area contributed by atoms with Gasteiger partial charge in [0.15, 0.2) is 12.2 Å². The second-order valence-corrected chi connectivity index (χ2v) is 3.93. The average Bonchev–Trinajstić information content (AvgIpc) is 2.37. The Morgan fingerprint density at radius 3 is 1.50 bits per heavy atom. The molecule has 6 heteroatoms. The van der Waals surface area contributed by atoms with Gasteiger partial charge in [-0.3, -0.25) is 0 Å². The minimum absolute atomic E-state index is 0.157. The maximum Gasteiger partial charge on any atom is 0.338 e. The van der Waals surface area contributed by atoms with E-state index in [4.69, 9.17) is 0 Å². The van der Waals surface area contributed by atoms with Crippen molar-refractivity contribution in [2.45, 2.75) is 51.7 Å². The Balaban J connectivity index is 4.02. The van der Waals surface area contributed by atoms with Gasteiger partial charge in [0.25, 0.3) is 0 Å². The third-order valence-corrected chi connectivity index (χ3v) is 2.27. The molecule has 0 aliphatic carbocycles. The fraction of sp³-hybridized carbons (Fsp3) is 0.833. The predicted octanol–water partition coefficient (Wildman–Crippen LogP) is 0.395. The summed E-state index contributed by atoms with van der Waals surface area (Å²) in [5.41, 5.74) is 0. The SMILES string of the molecule is CCCCOC(=O)[C@@H](O)[C@@H](O)C(=O)OCCCC. The van der Waals surface area contributed by atoms with Gasteiger partial charge in [0.05, 0.1) is 13.2 Å². The highest BCUT2D eigenvalue weighted by molar-refractivity contribution is 5.85. The van der Waals surface area contributed by atoms with E-state index in [9.17, 15) is 19.8 Å². The number of aliphatic hydroxyl groups excluding tert-OH is 2. The van der Waals surface area contributed by atoms with Crippen LogP contribution in [0.4, 0.5) is 0 Å². The van der Waals surface area contributed by atoms with E-state index in [0.717, 1.165) is 12.8 Å². The van der Waals surface area contributed by atoms with Crippen molar-refractivity contribution in [2.75, 3.05) is 13.2 Å². The molecule has 0 aromatic rings. The fourth-order valence-electron chi connectivity index (χ4n) is 1.06. The minimum atomic E-state index is -1.89. The number of esters is 2. The van der Waals surface area contributed by atoms with Crippen LogP contribution in [0.5, 0.6) is 0 Å². The Kier molecular flexibility index (Phi) is 9.22. The molecule has 0 radical (unpaired) electrons. The van der Waals surface area contributed by atoms with Gasteiger partial charge in [0, 0.05) is 0 Å². The number of unbranched alkanes of at least 4 members (excludes halogenated alkanes) is 2. The molecule has 0 saturated carbocycles. The maximum atomic E-state index is 11.3. The van der Waals surface area contributed by atoms with Crippen LogP contribution < -0.4 is 0 Å². The lowest BCUT2D eigenvalue weighted by Crippen LogP contribution is -2.41. The molecule has 18 heavy (non-hydrogen) atoms. The zero-order valence-corrected chi connectivity index (χ0v) is 10.9. The normalized spacial score (nSPS) is 13.8. The zero-order valence-electron chi connectivity index (χ0n) is 10.9. The highest BCUT2D eigenvalue weighted by Gasteiger charge is 2.32. The van der Waals surface area contributed by atoms with E-state index in [1.165, 1.54) is 0 Å². The smallest absolute Gasteiger partial charge is 0.338 e. The molecule has 0 aromatic heterocycles. The molecule has 0 heterocycles. The first-order chi connectivity index (χ1) is 8.54. The highest BCUT2D eigenvalue weighted by Crippen LogP contribution is 2.02. The molecule has 0 aliphatic heterocycles. The first-order valence-electron chi connectivity index (χ1n) is 6.24. The van der Waals surface area contributed by atoms with Crippen molar-refractivity contribution in [3.8, 4) is 0 Å². The van der Waals surface area contributed by atoms with Crippen LogP contribution in [0.2, 0.25) is 0 Å². The first kappa shape index (κ1) is 16.9. The number of ether oxygens (including phenoxy) is 2. The van der Waals surface area contributed by atoms with Gasteiger partial charge in [0.1, 0.15) is 0 Å². The lowest BCUT2D eigenvalue weighted by atomic mass is 10.2. The van der Waals surface area contributed by atoms with Crippen molar-refractivity contribution in [2.24, 2.45) is 0 Å². The number of rotatable bonds is 9. The van der Waals surface area contributed by atoms with Gasteiger partial charge in [-0.15, -0.1) is 0 Å². The summed E-state index contributed by atoms with van der Waals surface area (Å²) in [7, 11) is 0. The van der Waals surface area contributed by atoms with Gasteiger partial charge in [-0.05, 0) is 12.8 Å². The Hall–Kier alpha value is -1.14. The molecule has 0 saturated heterocycles. The Labute approximate surface area is 107 Å². The lowest BCUT2D eigenvalue weighted by Gasteiger charge is -2.15. The molecule has 6 nitrogen and oxygen atoms in total. The van der Waals surface area contributed by atoms with E-state index in [1.807, 2.05) is 13.8 Å². The quantitative estimate of drug-likeness (QED) is 0.461. The molecule has 0 rings (SSSR count). The fourth-order valence-corrected chi connectivity index (χ4v) is 1.06. The molecule has 0 unspecified atom stereocenters. The van der Waals surface area contributed by atoms with Gasteiger partial charge < -0.3 is 19.7 Å². The highest BCUT2D eigenvalue weighted by atomic mass is 16.6. The monoisotopic (exact) mass is 262 g/mol. The van der Waals surface area contributed by atoms with E-state index < -0.39 is 24.1 Å². The lowest BCUT2D eigenvalue weighted by molar-refractivity contribution is -0.173. The zero-order chi connectivity index (χ0) is 14.0. The van der Waals surface area contributed by atoms with E-state index >= 15 is 0 Å². The van der Waals surface area contributed by atoms with Gasteiger partial charge >= 0.3 is 11.9 Å². The maximum absolute atomic E-state index is 11.3. The minimum Gasteiger partial charge on any atom is -0.464 e. The average molecular weight is 262 g/mol. The van der Waals surface area contributed by atoms with Gasteiger partial charge in [0.2, 0.25) is 0 Å². The molecule has 2 N–H and O–H groups in total. The number of aliphatic hydroxyl groups is 2. The van der Waals surface area contributed by atoms with Crippen LogP contribution in [0, 0.1) is 0 Å². The van der Waals surface area contributed by atoms with Crippen LogP contribution in [-0.4, -0.2) is 47.6 Å². The Morgan fingerprint density at radius 1 is 0.889 bits per heavy atom. The summed E-state index contributed by atoms with van der Waals surface area (Å²) in [5.74, 6) is -2.02. The molecular formula is C12H22O6. The van der Waals surface area contributed by atoms with Crippen LogP contribution in [0.25, 0.3) is 0 Å². The van der Waals surface area contributed by atoms with Crippen molar-refractivity contribution >= 4 is 11.9 Å². The standard InChI is InChI=1S/C12H22O6/c1-3-5-7-17-11(15)9(13)10(14)12(16)18-8-6-4-2/h9-10,13-14H,3-8H2,1-2H3/t9-,10+. The number of carbonyl (C=O) groups excluding carboxylic acids is 2. The summed E-state index contributed by atoms with van der Waals surface area (Å²) < 4.78 is 9.37. The summed E-state index contributed by atoms with van der Waals surface area (Å²) in [5, 5.41) is 18.8. The number of carbonyl (C=O) groups is 2. The third-order valence-electron chi connectivity index (χ3n) is 2.27. The summed E-state index contributed by atoms with van der Waals surface area (Å²) in [6.07, 6.45) is -0.784. The summed E-state index contributed by atoms with van der Waals surface area (Å²) >= 11 is 0. The number of hydrogen-bond donors (Lipinski definition) is 2. The topological polar surface area (TPSA) is 93.1 Å². The van der Waals surface area contributed by atoms with Crippen LogP contribution >= 0.6 is 0 Å². The molecule has 106 valence electrons. The summed E-state index contributed by atoms with van der Waals surface area (Å²) in [4.78, 5) is 22.5. The molecule has 0 aliphatic rings. The van der Waals surface area contributed by atoms with E-state index in [-0.39, 0.29) is 13.2 Å². The van der Waals surface area contributed by atoms with Crippen molar-refractivity contribution in [1.82, 2.24) is 0 Å². The number of hydrogen-bond acceptors (Lipinski definition) is 6. The molecule has 0 fully saturated rings. The van der Waals surface area contributed by atoms with Crippen LogP contribution in [0.15, 0.2) is 0 Å². The van der Waals surface area contributed by atoms with E-state index in [0.29, 0.717) is 12.8 Å². The Morgan fingerprint density at radius 2 is 1.22 bits per heavy atom. The van der Waals surface area contributed by atoms with Crippen molar-refractivity contribution < 1.29 is 29.3 Å². The molecular weight excluding hydrogens is 240 g/mol. The van der Waals surface area contributed by atoms with Crippen molar-refractivity contribution in [3.05, 3.63) is 0 Å². The third kappa shape index (κ3) is 6.56. The van der Waals surface area contributed by atoms with E-state index in [2.05, 4.69) is 9.47 Å².